The van der Waals surface area contributed by atoms with Crippen molar-refractivity contribution in [2.45, 2.75) is 38.5 Å². The molecule has 1 saturated heterocycles. The number of piperidine rings is 1. The molecule has 0 unspecified atom stereocenters. The van der Waals surface area contributed by atoms with Crippen molar-refractivity contribution in [2.24, 2.45) is 11.8 Å². The first kappa shape index (κ1) is 20.4. The fourth-order valence-electron chi connectivity index (χ4n) is 3.24. The van der Waals surface area contributed by atoms with Crippen molar-refractivity contribution in [1.82, 2.24) is 9.62 Å². The highest BCUT2D eigenvalue weighted by atomic mass is 32.2. The first-order valence-corrected chi connectivity index (χ1v) is 10.3. The monoisotopic (exact) mass is 381 g/mol. The quantitative estimate of drug-likeness (QED) is 0.786. The molecule has 26 heavy (non-hydrogen) atoms. The van der Waals surface area contributed by atoms with Gasteiger partial charge in [0.25, 0.3) is 0 Å². The molecule has 144 valence electrons. The van der Waals surface area contributed by atoms with Crippen molar-refractivity contribution in [3.05, 3.63) is 24.3 Å². The lowest BCUT2D eigenvalue weighted by Gasteiger charge is -2.34. The first-order valence-electron chi connectivity index (χ1n) is 8.83. The molecule has 1 aliphatic heterocycles. The molecule has 2 atom stereocenters. The first-order chi connectivity index (χ1) is 12.2. The lowest BCUT2D eigenvalue weighted by molar-refractivity contribution is -0.119. The Hall–Kier alpha value is -1.93. The Bertz CT molecular complexity index is 736. The van der Waals surface area contributed by atoms with E-state index in [-0.39, 0.29) is 29.7 Å². The van der Waals surface area contributed by atoms with Gasteiger partial charge in [0.2, 0.25) is 21.8 Å². The fraction of sp³-hybridized carbons (Fsp3) is 0.556. The summed E-state index contributed by atoms with van der Waals surface area (Å²) in [6, 6.07) is 6.20. The molecule has 7 nitrogen and oxygen atoms in total. The molecule has 2 rings (SSSR count). The standard InChI is InChI=1S/C18H27N3O4S/c1-13-10-14(2)12-21(11-13)26(24,25)17-6-4-16(5-7-17)20-18(23)8-9-19-15(3)22/h4-7,13-14H,8-12H2,1-3H3,(H,19,22)(H,20,23)/t13-,14+. The Morgan fingerprint density at radius 2 is 1.69 bits per heavy atom. The molecule has 2 N–H and O–H groups in total. The number of amides is 2. The van der Waals surface area contributed by atoms with E-state index < -0.39 is 10.0 Å². The van der Waals surface area contributed by atoms with Gasteiger partial charge >= 0.3 is 0 Å². The zero-order valence-electron chi connectivity index (χ0n) is 15.5. The lowest BCUT2D eigenvalue weighted by Crippen LogP contribution is -2.42. The van der Waals surface area contributed by atoms with Gasteiger partial charge in [-0.25, -0.2) is 8.42 Å². The second-order valence-electron chi connectivity index (χ2n) is 7.07. The van der Waals surface area contributed by atoms with Crippen LogP contribution in [0.1, 0.15) is 33.6 Å². The summed E-state index contributed by atoms with van der Waals surface area (Å²) in [6.07, 6.45) is 1.19. The summed E-state index contributed by atoms with van der Waals surface area (Å²) < 4.78 is 27.2. The van der Waals surface area contributed by atoms with Gasteiger partial charge in [-0.3, -0.25) is 9.59 Å². The van der Waals surface area contributed by atoms with Crippen molar-refractivity contribution in [3.8, 4) is 0 Å². The van der Waals surface area contributed by atoms with Gasteiger partial charge in [-0.2, -0.15) is 4.31 Å². The number of nitrogens with zero attached hydrogens (tertiary/aromatic N) is 1. The molecule has 1 aromatic rings. The topological polar surface area (TPSA) is 95.6 Å². The molecule has 0 aliphatic carbocycles. The molecule has 8 heteroatoms. The van der Waals surface area contributed by atoms with Crippen LogP contribution < -0.4 is 10.6 Å². The second-order valence-corrected chi connectivity index (χ2v) is 9.01. The van der Waals surface area contributed by atoms with E-state index in [4.69, 9.17) is 0 Å². The number of hydrogen-bond donors (Lipinski definition) is 2. The summed E-state index contributed by atoms with van der Waals surface area (Å²) in [5.74, 6) is 0.258. The van der Waals surface area contributed by atoms with Crippen molar-refractivity contribution in [2.75, 3.05) is 25.0 Å². The molecule has 0 radical (unpaired) electrons. The zero-order chi connectivity index (χ0) is 19.3. The van der Waals surface area contributed by atoms with Gasteiger partial charge in [-0.05, 0) is 42.5 Å². The largest absolute Gasteiger partial charge is 0.356 e. The van der Waals surface area contributed by atoms with Crippen LogP contribution in [-0.2, 0) is 19.6 Å². The summed E-state index contributed by atoms with van der Waals surface area (Å²) in [7, 11) is -3.52. The van der Waals surface area contributed by atoms with Crippen molar-refractivity contribution in [3.63, 3.8) is 0 Å². The van der Waals surface area contributed by atoms with E-state index >= 15 is 0 Å². The number of carbonyl (C=O) groups excluding carboxylic acids is 2. The van der Waals surface area contributed by atoms with Gasteiger partial charge in [0, 0.05) is 38.7 Å². The Labute approximate surface area is 155 Å². The van der Waals surface area contributed by atoms with Crippen molar-refractivity contribution < 1.29 is 18.0 Å². The molecule has 1 heterocycles. The zero-order valence-corrected chi connectivity index (χ0v) is 16.3. The van der Waals surface area contributed by atoms with E-state index in [0.29, 0.717) is 30.6 Å². The lowest BCUT2D eigenvalue weighted by atomic mass is 9.94. The van der Waals surface area contributed by atoms with Gasteiger partial charge in [0.05, 0.1) is 4.90 Å². The van der Waals surface area contributed by atoms with Crippen LogP contribution in [0, 0.1) is 11.8 Å². The number of hydrogen-bond acceptors (Lipinski definition) is 4. The molecular formula is C18H27N3O4S. The van der Waals surface area contributed by atoms with E-state index in [1.165, 1.54) is 19.1 Å². The summed E-state index contributed by atoms with van der Waals surface area (Å²) in [6.45, 7) is 6.86. The normalized spacial score (nSPS) is 21.2. The number of benzene rings is 1. The SMILES string of the molecule is CC(=O)NCCC(=O)Nc1ccc(S(=O)(=O)N2C[C@H](C)C[C@H](C)C2)cc1. The van der Waals surface area contributed by atoms with E-state index in [0.717, 1.165) is 6.42 Å². The fourth-order valence-corrected chi connectivity index (χ4v) is 4.92. The summed E-state index contributed by atoms with van der Waals surface area (Å²) >= 11 is 0. The summed E-state index contributed by atoms with van der Waals surface area (Å²) in [5.41, 5.74) is 0.525. The van der Waals surface area contributed by atoms with Gasteiger partial charge in [-0.15, -0.1) is 0 Å². The Kier molecular flexibility index (Phi) is 6.77. The van der Waals surface area contributed by atoms with Gasteiger partial charge in [-0.1, -0.05) is 13.8 Å². The van der Waals surface area contributed by atoms with Gasteiger partial charge in [0.15, 0.2) is 0 Å². The predicted octanol–water partition coefficient (Wildman–Crippen LogP) is 1.82. The number of rotatable bonds is 6. The molecular weight excluding hydrogens is 354 g/mol. The number of carbonyl (C=O) groups is 2. The molecule has 0 saturated carbocycles. The smallest absolute Gasteiger partial charge is 0.243 e. The van der Waals surface area contributed by atoms with Crippen LogP contribution in [0.5, 0.6) is 0 Å². The minimum Gasteiger partial charge on any atom is -0.356 e. The Morgan fingerprint density at radius 1 is 1.12 bits per heavy atom. The second kappa shape index (κ2) is 8.64. The maximum absolute atomic E-state index is 12.8. The summed E-state index contributed by atoms with van der Waals surface area (Å²) in [5, 5.41) is 5.24. The Morgan fingerprint density at radius 3 is 2.23 bits per heavy atom. The van der Waals surface area contributed by atoms with Crippen LogP contribution in [0.25, 0.3) is 0 Å². The average molecular weight is 381 g/mol. The van der Waals surface area contributed by atoms with Gasteiger partial charge < -0.3 is 10.6 Å². The van der Waals surface area contributed by atoms with Crippen LogP contribution in [0.2, 0.25) is 0 Å². The van der Waals surface area contributed by atoms with Crippen LogP contribution >= 0.6 is 0 Å². The molecule has 0 aromatic heterocycles. The minimum atomic E-state index is -3.52. The molecule has 2 amide bonds. The number of anilines is 1. The van der Waals surface area contributed by atoms with E-state index in [1.54, 1.807) is 16.4 Å². The molecule has 0 bridgehead atoms. The molecule has 0 spiro atoms. The third-order valence-corrected chi connectivity index (χ3v) is 6.18. The minimum absolute atomic E-state index is 0.156. The average Bonchev–Trinajstić information content (AvgIpc) is 2.54. The highest BCUT2D eigenvalue weighted by Gasteiger charge is 2.31. The maximum Gasteiger partial charge on any atom is 0.243 e. The maximum atomic E-state index is 12.8. The third-order valence-electron chi connectivity index (χ3n) is 4.34. The van der Waals surface area contributed by atoms with E-state index in [1.807, 2.05) is 0 Å². The van der Waals surface area contributed by atoms with Crippen LogP contribution in [0.4, 0.5) is 5.69 Å². The highest BCUT2D eigenvalue weighted by molar-refractivity contribution is 7.89. The van der Waals surface area contributed by atoms with Crippen LogP contribution in [0.3, 0.4) is 0 Å². The number of nitrogens with one attached hydrogen (secondary N) is 2. The van der Waals surface area contributed by atoms with Gasteiger partial charge in [0.1, 0.15) is 0 Å². The summed E-state index contributed by atoms with van der Waals surface area (Å²) in [4.78, 5) is 22.8. The predicted molar refractivity (Wildman–Crippen MR) is 100 cm³/mol. The van der Waals surface area contributed by atoms with Crippen molar-refractivity contribution >= 4 is 27.5 Å². The third kappa shape index (κ3) is 5.54. The highest BCUT2D eigenvalue weighted by Crippen LogP contribution is 2.27. The van der Waals surface area contributed by atoms with Crippen molar-refractivity contribution in [1.29, 1.82) is 0 Å². The van der Waals surface area contributed by atoms with Crippen LogP contribution in [-0.4, -0.2) is 44.2 Å². The molecule has 1 aromatic carbocycles. The molecule has 1 aliphatic rings. The van der Waals surface area contributed by atoms with E-state index in [2.05, 4.69) is 24.5 Å². The van der Waals surface area contributed by atoms with Crippen LogP contribution in [0.15, 0.2) is 29.2 Å². The molecule has 1 fully saturated rings. The van der Waals surface area contributed by atoms with E-state index in [9.17, 15) is 18.0 Å². The Balaban J connectivity index is 1.99. The number of sulfonamides is 1.